The van der Waals surface area contributed by atoms with Gasteiger partial charge in [0.25, 0.3) is 10.0 Å². The molecule has 1 saturated heterocycles. The van der Waals surface area contributed by atoms with E-state index in [4.69, 9.17) is 9.47 Å². The zero-order valence-corrected chi connectivity index (χ0v) is 14.8. The van der Waals surface area contributed by atoms with Crippen LogP contribution in [0.25, 0.3) is 0 Å². The largest absolute Gasteiger partial charge is 0.463 e. The van der Waals surface area contributed by atoms with Crippen molar-refractivity contribution < 1.29 is 27.5 Å². The van der Waals surface area contributed by atoms with E-state index in [0.717, 1.165) is 5.56 Å². The van der Waals surface area contributed by atoms with Crippen molar-refractivity contribution in [3.63, 3.8) is 0 Å². The van der Waals surface area contributed by atoms with Gasteiger partial charge < -0.3 is 9.47 Å². The van der Waals surface area contributed by atoms with Crippen LogP contribution in [0.5, 0.6) is 0 Å². The molecule has 26 heavy (non-hydrogen) atoms. The molecule has 0 aliphatic carbocycles. The molecule has 1 N–H and O–H groups in total. The summed E-state index contributed by atoms with van der Waals surface area (Å²) in [5, 5.41) is 0. The fourth-order valence-electron chi connectivity index (χ4n) is 2.41. The summed E-state index contributed by atoms with van der Waals surface area (Å²) in [6.07, 6.45) is -0.661. The minimum absolute atomic E-state index is 0.0384. The normalized spacial score (nSPS) is 16.8. The van der Waals surface area contributed by atoms with Gasteiger partial charge in [0.15, 0.2) is 0 Å². The Morgan fingerprint density at radius 2 is 1.92 bits per heavy atom. The van der Waals surface area contributed by atoms with Crippen LogP contribution < -0.4 is 4.72 Å². The highest BCUT2D eigenvalue weighted by Crippen LogP contribution is 2.19. The highest BCUT2D eigenvalue weighted by Gasteiger charge is 2.30. The van der Waals surface area contributed by atoms with Crippen molar-refractivity contribution in [3.8, 4) is 0 Å². The predicted molar refractivity (Wildman–Crippen MR) is 93.2 cm³/mol. The summed E-state index contributed by atoms with van der Waals surface area (Å²) in [7, 11) is -3.87. The number of esters is 2. The lowest BCUT2D eigenvalue weighted by Crippen LogP contribution is -2.23. The summed E-state index contributed by atoms with van der Waals surface area (Å²) in [5.41, 5.74) is 1.46. The van der Waals surface area contributed by atoms with Crippen molar-refractivity contribution in [2.24, 2.45) is 0 Å². The van der Waals surface area contributed by atoms with Gasteiger partial charge in [-0.3, -0.25) is 4.72 Å². The lowest BCUT2D eigenvalue weighted by atomic mass is 10.2. The minimum Gasteiger partial charge on any atom is -0.463 e. The molecular weight excluding hydrogens is 358 g/mol. The predicted octanol–water partition coefficient (Wildman–Crippen LogP) is 2.27. The number of carbonyl (C=O) groups excluding carboxylic acids is 2. The summed E-state index contributed by atoms with van der Waals surface area (Å²) < 4.78 is 37.3. The van der Waals surface area contributed by atoms with Crippen LogP contribution in [0.15, 0.2) is 53.4 Å². The van der Waals surface area contributed by atoms with Crippen LogP contribution in [0.2, 0.25) is 0 Å². The minimum atomic E-state index is -3.87. The quantitative estimate of drug-likeness (QED) is 0.805. The summed E-state index contributed by atoms with van der Waals surface area (Å²) in [6.45, 7) is 2.10. The Bertz CT molecular complexity index is 936. The number of hydrogen-bond acceptors (Lipinski definition) is 6. The maximum Gasteiger partial charge on any atom is 0.347 e. The van der Waals surface area contributed by atoms with E-state index in [-0.39, 0.29) is 23.5 Å². The highest BCUT2D eigenvalue weighted by atomic mass is 32.2. The van der Waals surface area contributed by atoms with Crippen LogP contribution in [0.4, 0.5) is 5.69 Å². The van der Waals surface area contributed by atoms with E-state index in [2.05, 4.69) is 4.72 Å². The van der Waals surface area contributed by atoms with E-state index in [9.17, 15) is 18.0 Å². The van der Waals surface area contributed by atoms with Crippen molar-refractivity contribution in [3.05, 3.63) is 59.7 Å². The van der Waals surface area contributed by atoms with Crippen molar-refractivity contribution in [1.82, 2.24) is 0 Å². The summed E-state index contributed by atoms with van der Waals surface area (Å²) >= 11 is 0. The molecule has 8 heteroatoms. The van der Waals surface area contributed by atoms with Gasteiger partial charge in [0.05, 0.1) is 17.1 Å². The molecule has 1 unspecified atom stereocenters. The molecule has 1 aliphatic rings. The van der Waals surface area contributed by atoms with E-state index < -0.39 is 28.1 Å². The van der Waals surface area contributed by atoms with Gasteiger partial charge in [-0.25, -0.2) is 18.0 Å². The Hall–Kier alpha value is -2.87. The molecule has 1 atom stereocenters. The molecule has 2 aromatic carbocycles. The van der Waals surface area contributed by atoms with Crippen LogP contribution in [-0.4, -0.2) is 33.1 Å². The molecule has 2 aromatic rings. The van der Waals surface area contributed by atoms with Crippen molar-refractivity contribution in [2.45, 2.75) is 24.3 Å². The van der Waals surface area contributed by atoms with E-state index in [1.165, 1.54) is 24.3 Å². The number of carbonyl (C=O) groups is 2. The molecule has 0 saturated carbocycles. The second-order valence-electron chi connectivity index (χ2n) is 5.85. The molecular formula is C18H17NO6S. The Morgan fingerprint density at radius 1 is 1.19 bits per heavy atom. The first-order chi connectivity index (χ1) is 12.3. The summed E-state index contributed by atoms with van der Waals surface area (Å²) in [4.78, 5) is 23.5. The maximum absolute atomic E-state index is 12.5. The SMILES string of the molecule is Cc1ccc(NS(=O)(=O)c2cccc(C(=O)OC3CCOC3=O)c2)cc1. The molecule has 0 spiro atoms. The monoisotopic (exact) mass is 375 g/mol. The molecule has 136 valence electrons. The average molecular weight is 375 g/mol. The Labute approximate surface area is 151 Å². The number of nitrogens with one attached hydrogen (secondary N) is 1. The molecule has 0 bridgehead atoms. The first-order valence-corrected chi connectivity index (χ1v) is 9.41. The van der Waals surface area contributed by atoms with E-state index >= 15 is 0 Å². The lowest BCUT2D eigenvalue weighted by Gasteiger charge is -2.11. The number of benzene rings is 2. The van der Waals surface area contributed by atoms with E-state index in [1.54, 1.807) is 24.3 Å². The molecule has 1 aliphatic heterocycles. The van der Waals surface area contributed by atoms with Gasteiger partial charge in [-0.05, 0) is 37.3 Å². The molecule has 1 heterocycles. The number of anilines is 1. The lowest BCUT2D eigenvalue weighted by molar-refractivity contribution is -0.145. The first-order valence-electron chi connectivity index (χ1n) is 7.92. The molecule has 0 aromatic heterocycles. The second kappa shape index (κ2) is 7.17. The molecule has 7 nitrogen and oxygen atoms in total. The van der Waals surface area contributed by atoms with Gasteiger partial charge in [-0.2, -0.15) is 0 Å². The third-order valence-corrected chi connectivity index (χ3v) is 5.20. The van der Waals surface area contributed by atoms with E-state index in [1.807, 2.05) is 6.92 Å². The van der Waals surface area contributed by atoms with Crippen LogP contribution in [-0.2, 0) is 24.3 Å². The van der Waals surface area contributed by atoms with Gasteiger partial charge >= 0.3 is 11.9 Å². The molecule has 1 fully saturated rings. The Morgan fingerprint density at radius 3 is 2.58 bits per heavy atom. The van der Waals surface area contributed by atoms with Crippen molar-refractivity contribution >= 4 is 27.6 Å². The van der Waals surface area contributed by atoms with Crippen LogP contribution in [0.1, 0.15) is 22.3 Å². The van der Waals surface area contributed by atoms with Gasteiger partial charge in [0, 0.05) is 12.1 Å². The summed E-state index contributed by atoms with van der Waals surface area (Å²) in [6, 6.07) is 12.3. The van der Waals surface area contributed by atoms with Crippen LogP contribution in [0, 0.1) is 6.92 Å². The molecule has 3 rings (SSSR count). The Balaban J connectivity index is 1.78. The van der Waals surface area contributed by atoms with E-state index in [0.29, 0.717) is 5.69 Å². The average Bonchev–Trinajstić information content (AvgIpc) is 3.02. The third kappa shape index (κ3) is 4.02. The van der Waals surface area contributed by atoms with Gasteiger partial charge in [-0.15, -0.1) is 0 Å². The van der Waals surface area contributed by atoms with Crippen molar-refractivity contribution in [1.29, 1.82) is 0 Å². The van der Waals surface area contributed by atoms with Crippen molar-refractivity contribution in [2.75, 3.05) is 11.3 Å². The molecule has 0 radical (unpaired) electrons. The van der Waals surface area contributed by atoms with Gasteiger partial charge in [0.2, 0.25) is 6.10 Å². The third-order valence-electron chi connectivity index (χ3n) is 3.82. The number of cyclic esters (lactones) is 1. The zero-order chi connectivity index (χ0) is 18.7. The highest BCUT2D eigenvalue weighted by molar-refractivity contribution is 7.92. The standard InChI is InChI=1S/C18H17NO6S/c1-12-5-7-14(8-6-12)19-26(22,23)15-4-2-3-13(11-15)17(20)25-16-9-10-24-18(16)21/h2-8,11,16,19H,9-10H2,1H3. The number of rotatable bonds is 5. The number of sulfonamides is 1. The van der Waals surface area contributed by atoms with Crippen LogP contribution in [0.3, 0.4) is 0 Å². The second-order valence-corrected chi connectivity index (χ2v) is 7.53. The fourth-order valence-corrected chi connectivity index (χ4v) is 3.51. The number of aryl methyl sites for hydroxylation is 1. The van der Waals surface area contributed by atoms with Crippen LogP contribution >= 0.6 is 0 Å². The number of ether oxygens (including phenoxy) is 2. The molecule has 0 amide bonds. The zero-order valence-electron chi connectivity index (χ0n) is 14.0. The first kappa shape index (κ1) is 17.9. The smallest absolute Gasteiger partial charge is 0.347 e. The topological polar surface area (TPSA) is 98.8 Å². The number of hydrogen-bond donors (Lipinski definition) is 1. The maximum atomic E-state index is 12.5. The fraction of sp³-hybridized carbons (Fsp3) is 0.222. The van der Waals surface area contributed by atoms with Gasteiger partial charge in [-0.1, -0.05) is 23.8 Å². The van der Waals surface area contributed by atoms with Gasteiger partial charge in [0.1, 0.15) is 0 Å². The summed E-state index contributed by atoms with van der Waals surface area (Å²) in [5.74, 6) is -1.37. The Kier molecular flexibility index (Phi) is 4.94.